The third kappa shape index (κ3) is 2.53. The largest absolute Gasteiger partial charge is 0.493 e. The number of hydrogen-bond acceptors (Lipinski definition) is 6. The molecule has 28 heavy (non-hydrogen) atoms. The molecule has 2 aliphatic rings. The number of hydrogen-bond donors (Lipinski definition) is 0. The summed E-state index contributed by atoms with van der Waals surface area (Å²) in [5, 5.41) is -0.683. The van der Waals surface area contributed by atoms with Crippen LogP contribution < -0.4 is 18.9 Å². The highest BCUT2D eigenvalue weighted by Gasteiger charge is 2.63. The number of β-lactam (4-membered cyclic amide) rings is 1. The van der Waals surface area contributed by atoms with Gasteiger partial charge in [-0.1, -0.05) is 17.8 Å². The predicted molar refractivity (Wildman–Crippen MR) is 107 cm³/mol. The van der Waals surface area contributed by atoms with E-state index >= 15 is 0 Å². The quantitative estimate of drug-likeness (QED) is 0.542. The molecular formula is C20H20ClNO5S. The van der Waals surface area contributed by atoms with Crippen LogP contribution in [0.4, 0.5) is 0 Å². The van der Waals surface area contributed by atoms with Gasteiger partial charge in [0.05, 0.1) is 28.4 Å². The van der Waals surface area contributed by atoms with Crippen LogP contribution in [-0.2, 0) is 16.2 Å². The van der Waals surface area contributed by atoms with Crippen LogP contribution in [0.2, 0.25) is 0 Å². The number of halogens is 1. The second kappa shape index (κ2) is 6.97. The maximum Gasteiger partial charge on any atom is 0.246 e. The minimum atomic E-state index is -0.717. The summed E-state index contributed by atoms with van der Waals surface area (Å²) in [5.41, 5.74) is 1.88. The minimum absolute atomic E-state index is 0.0932. The van der Waals surface area contributed by atoms with Crippen molar-refractivity contribution in [2.75, 3.05) is 28.4 Å². The molecule has 8 heteroatoms. The second-order valence-corrected chi connectivity index (χ2v) is 8.17. The molecule has 1 fully saturated rings. The van der Waals surface area contributed by atoms with E-state index in [-0.39, 0.29) is 5.91 Å². The Labute approximate surface area is 172 Å². The average molecular weight is 422 g/mol. The summed E-state index contributed by atoms with van der Waals surface area (Å²) in [6, 6.07) is 9.49. The topological polar surface area (TPSA) is 57.2 Å². The number of alkyl halides is 1. The van der Waals surface area contributed by atoms with Crippen LogP contribution >= 0.6 is 23.4 Å². The van der Waals surface area contributed by atoms with E-state index in [0.29, 0.717) is 29.5 Å². The van der Waals surface area contributed by atoms with E-state index < -0.39 is 10.2 Å². The number of carbonyl (C=O) groups is 1. The Hall–Kier alpha value is -2.25. The SMILES string of the molecule is COc1ccc([C@@]23Sc4cc(OC)c(OC)cc4CN2C(=O)[C@@H]3Cl)cc1OC. The monoisotopic (exact) mass is 421 g/mol. The van der Waals surface area contributed by atoms with Crippen molar-refractivity contribution in [3.8, 4) is 23.0 Å². The molecule has 0 saturated carbocycles. The number of nitrogens with zero attached hydrogens (tertiary/aromatic N) is 1. The molecule has 1 amide bonds. The Bertz CT molecular complexity index is 952. The molecule has 0 aliphatic carbocycles. The van der Waals surface area contributed by atoms with Gasteiger partial charge in [-0.2, -0.15) is 0 Å². The third-order valence-electron chi connectivity index (χ3n) is 5.19. The van der Waals surface area contributed by atoms with Crippen LogP contribution in [0.5, 0.6) is 23.0 Å². The molecule has 2 aromatic carbocycles. The summed E-state index contributed by atoms with van der Waals surface area (Å²) in [6.07, 6.45) is 0. The van der Waals surface area contributed by atoms with E-state index in [1.165, 1.54) is 0 Å². The van der Waals surface area contributed by atoms with Crippen LogP contribution in [0.1, 0.15) is 11.1 Å². The lowest BCUT2D eigenvalue weighted by Gasteiger charge is -2.57. The first-order valence-electron chi connectivity index (χ1n) is 8.62. The zero-order chi connectivity index (χ0) is 20.1. The molecule has 0 bridgehead atoms. The third-order valence-corrected chi connectivity index (χ3v) is 7.42. The number of thioether (sulfide) groups is 1. The van der Waals surface area contributed by atoms with Crippen molar-refractivity contribution in [3.63, 3.8) is 0 Å². The average Bonchev–Trinajstić information content (AvgIpc) is 2.75. The number of fused-ring (bicyclic) bond motifs is 2. The molecule has 0 aromatic heterocycles. The van der Waals surface area contributed by atoms with Crippen LogP contribution in [0.25, 0.3) is 0 Å². The van der Waals surface area contributed by atoms with Crippen molar-refractivity contribution in [1.82, 2.24) is 4.90 Å². The van der Waals surface area contributed by atoms with Gasteiger partial charge in [-0.3, -0.25) is 4.79 Å². The van der Waals surface area contributed by atoms with Gasteiger partial charge in [-0.15, -0.1) is 11.6 Å². The van der Waals surface area contributed by atoms with E-state index in [9.17, 15) is 4.79 Å². The van der Waals surface area contributed by atoms with Gasteiger partial charge >= 0.3 is 0 Å². The second-order valence-electron chi connectivity index (χ2n) is 6.47. The van der Waals surface area contributed by atoms with E-state index in [1.807, 2.05) is 30.3 Å². The number of ether oxygens (including phenoxy) is 4. The zero-order valence-corrected chi connectivity index (χ0v) is 17.5. The standard InChI is InChI=1S/C20H20ClNO5S/c1-24-13-6-5-12(8-15(13)26-3)20-18(21)19(23)22(20)10-11-7-14(25-2)16(27-4)9-17(11)28-20/h5-9,18H,10H2,1-4H3/t18-,20-/m0/s1. The summed E-state index contributed by atoms with van der Waals surface area (Å²) in [4.78, 5) is 14.7. The first-order valence-corrected chi connectivity index (χ1v) is 9.87. The highest BCUT2D eigenvalue weighted by Crippen LogP contribution is 2.61. The normalized spacial score (nSPS) is 22.7. The summed E-state index contributed by atoms with van der Waals surface area (Å²) in [7, 11) is 6.37. The van der Waals surface area contributed by atoms with Gasteiger partial charge in [0, 0.05) is 11.4 Å². The summed E-state index contributed by atoms with van der Waals surface area (Å²) >= 11 is 8.13. The Balaban J connectivity index is 1.83. The molecule has 2 heterocycles. The van der Waals surface area contributed by atoms with Crippen LogP contribution in [-0.4, -0.2) is 44.6 Å². The molecule has 0 unspecified atom stereocenters. The van der Waals surface area contributed by atoms with Crippen molar-refractivity contribution < 1.29 is 23.7 Å². The van der Waals surface area contributed by atoms with Crippen molar-refractivity contribution in [1.29, 1.82) is 0 Å². The van der Waals surface area contributed by atoms with Crippen molar-refractivity contribution in [2.45, 2.75) is 21.7 Å². The lowest BCUT2D eigenvalue weighted by molar-refractivity contribution is -0.150. The fraction of sp³-hybridized carbons (Fsp3) is 0.350. The molecule has 2 aliphatic heterocycles. The van der Waals surface area contributed by atoms with E-state index in [1.54, 1.807) is 45.1 Å². The molecule has 0 radical (unpaired) electrons. The first kappa shape index (κ1) is 19.1. The lowest BCUT2D eigenvalue weighted by Crippen LogP contribution is -2.68. The molecule has 1 saturated heterocycles. The molecule has 4 rings (SSSR count). The van der Waals surface area contributed by atoms with Gasteiger partial charge in [0.15, 0.2) is 23.0 Å². The molecule has 2 aromatic rings. The first-order chi connectivity index (χ1) is 13.5. The smallest absolute Gasteiger partial charge is 0.246 e. The Kier molecular flexibility index (Phi) is 4.75. The van der Waals surface area contributed by atoms with Crippen LogP contribution in [0.15, 0.2) is 35.2 Å². The summed E-state index contributed by atoms with van der Waals surface area (Å²) < 4.78 is 21.6. The number of amides is 1. The van der Waals surface area contributed by atoms with E-state index in [4.69, 9.17) is 30.5 Å². The maximum atomic E-state index is 12.6. The highest BCUT2D eigenvalue weighted by molar-refractivity contribution is 8.00. The Morgan fingerprint density at radius 2 is 1.57 bits per heavy atom. The Morgan fingerprint density at radius 3 is 2.21 bits per heavy atom. The Morgan fingerprint density at radius 1 is 0.964 bits per heavy atom. The number of methoxy groups -OCH3 is 4. The van der Waals surface area contributed by atoms with Gasteiger partial charge in [-0.25, -0.2) is 0 Å². The number of carbonyl (C=O) groups excluding carboxylic acids is 1. The van der Waals surface area contributed by atoms with E-state index in [2.05, 4.69) is 0 Å². The van der Waals surface area contributed by atoms with Gasteiger partial charge < -0.3 is 23.8 Å². The number of rotatable bonds is 5. The van der Waals surface area contributed by atoms with Gasteiger partial charge in [0.1, 0.15) is 10.2 Å². The van der Waals surface area contributed by atoms with Gasteiger partial charge in [-0.05, 0) is 35.4 Å². The minimum Gasteiger partial charge on any atom is -0.493 e. The number of benzene rings is 2. The van der Waals surface area contributed by atoms with Crippen LogP contribution in [0, 0.1) is 0 Å². The van der Waals surface area contributed by atoms with Crippen LogP contribution in [0.3, 0.4) is 0 Å². The summed E-state index contributed by atoms with van der Waals surface area (Å²) in [5.74, 6) is 2.40. The van der Waals surface area contributed by atoms with E-state index in [0.717, 1.165) is 16.0 Å². The molecular weight excluding hydrogens is 402 g/mol. The lowest BCUT2D eigenvalue weighted by atomic mass is 9.90. The fourth-order valence-corrected chi connectivity index (χ4v) is 5.68. The van der Waals surface area contributed by atoms with Gasteiger partial charge in [0.25, 0.3) is 0 Å². The maximum absolute atomic E-state index is 12.6. The fourth-order valence-electron chi connectivity index (χ4n) is 3.72. The van der Waals surface area contributed by atoms with Crippen molar-refractivity contribution >= 4 is 29.3 Å². The van der Waals surface area contributed by atoms with Crippen molar-refractivity contribution in [2.24, 2.45) is 0 Å². The molecule has 6 nitrogen and oxygen atoms in total. The predicted octanol–water partition coefficient (Wildman–Crippen LogP) is 3.63. The molecule has 2 atom stereocenters. The van der Waals surface area contributed by atoms with Gasteiger partial charge in [0.2, 0.25) is 5.91 Å². The molecule has 0 spiro atoms. The molecule has 148 valence electrons. The zero-order valence-electron chi connectivity index (χ0n) is 15.9. The summed E-state index contributed by atoms with van der Waals surface area (Å²) in [6.45, 7) is 0.444. The van der Waals surface area contributed by atoms with Crippen molar-refractivity contribution in [3.05, 3.63) is 41.5 Å². The highest BCUT2D eigenvalue weighted by atomic mass is 35.5. The molecule has 0 N–H and O–H groups in total.